The Morgan fingerprint density at radius 2 is 1.96 bits per heavy atom. The predicted octanol–water partition coefficient (Wildman–Crippen LogP) is 2.59. The molecular formula is C18H28N2O3. The van der Waals surface area contributed by atoms with Crippen LogP contribution in [0.15, 0.2) is 18.2 Å². The fourth-order valence-electron chi connectivity index (χ4n) is 2.77. The summed E-state index contributed by atoms with van der Waals surface area (Å²) in [5, 5.41) is 3.43. The Labute approximate surface area is 139 Å². The third-order valence-corrected chi connectivity index (χ3v) is 3.89. The van der Waals surface area contributed by atoms with Gasteiger partial charge in [0.05, 0.1) is 13.2 Å². The average Bonchev–Trinajstić information content (AvgIpc) is 2.95. The minimum atomic E-state index is 0.304. The minimum Gasteiger partial charge on any atom is -0.490 e. The quantitative estimate of drug-likeness (QED) is 0.673. The molecule has 1 amide bonds. The highest BCUT2D eigenvalue weighted by Crippen LogP contribution is 2.28. The Balaban J connectivity index is 1.74. The number of amides is 1. The van der Waals surface area contributed by atoms with Crippen LogP contribution in [0.2, 0.25) is 0 Å². The first kappa shape index (κ1) is 17.6. The van der Waals surface area contributed by atoms with Gasteiger partial charge in [-0.3, -0.25) is 4.79 Å². The zero-order chi connectivity index (χ0) is 16.5. The van der Waals surface area contributed by atoms with Gasteiger partial charge in [0.1, 0.15) is 0 Å². The lowest BCUT2D eigenvalue weighted by Crippen LogP contribution is -2.28. The molecule has 0 aliphatic carbocycles. The summed E-state index contributed by atoms with van der Waals surface area (Å²) in [4.78, 5) is 13.5. The van der Waals surface area contributed by atoms with Crippen molar-refractivity contribution in [3.8, 4) is 11.5 Å². The molecule has 1 N–H and O–H groups in total. The molecule has 1 aromatic carbocycles. The van der Waals surface area contributed by atoms with Crippen LogP contribution in [0, 0.1) is 0 Å². The van der Waals surface area contributed by atoms with Gasteiger partial charge in [-0.15, -0.1) is 0 Å². The van der Waals surface area contributed by atoms with Crippen LogP contribution in [0.1, 0.15) is 38.7 Å². The molecule has 5 nitrogen and oxygen atoms in total. The molecule has 0 bridgehead atoms. The van der Waals surface area contributed by atoms with Crippen molar-refractivity contribution in [2.45, 2.75) is 39.7 Å². The van der Waals surface area contributed by atoms with Crippen molar-refractivity contribution in [2.24, 2.45) is 0 Å². The topological polar surface area (TPSA) is 50.8 Å². The molecule has 5 heteroatoms. The van der Waals surface area contributed by atoms with E-state index in [9.17, 15) is 4.79 Å². The average molecular weight is 320 g/mol. The fraction of sp³-hybridized carbons (Fsp3) is 0.611. The zero-order valence-electron chi connectivity index (χ0n) is 14.3. The lowest BCUT2D eigenvalue weighted by Gasteiger charge is -2.15. The van der Waals surface area contributed by atoms with Crippen molar-refractivity contribution in [1.82, 2.24) is 10.2 Å². The van der Waals surface area contributed by atoms with Crippen molar-refractivity contribution in [1.29, 1.82) is 0 Å². The Kier molecular flexibility index (Phi) is 7.20. The first-order valence-electron chi connectivity index (χ1n) is 8.61. The number of hydrogen-bond acceptors (Lipinski definition) is 4. The molecule has 1 fully saturated rings. The molecule has 1 saturated heterocycles. The fourth-order valence-corrected chi connectivity index (χ4v) is 2.77. The summed E-state index contributed by atoms with van der Waals surface area (Å²) in [7, 11) is 0. The number of rotatable bonds is 10. The minimum absolute atomic E-state index is 0.304. The van der Waals surface area contributed by atoms with Gasteiger partial charge in [0.2, 0.25) is 5.91 Å². The van der Waals surface area contributed by atoms with Crippen LogP contribution in [-0.4, -0.2) is 43.7 Å². The maximum absolute atomic E-state index is 11.5. The van der Waals surface area contributed by atoms with E-state index in [-0.39, 0.29) is 0 Å². The van der Waals surface area contributed by atoms with Gasteiger partial charge < -0.3 is 19.7 Å². The molecule has 1 aliphatic heterocycles. The highest BCUT2D eigenvalue weighted by atomic mass is 16.5. The molecule has 0 atom stereocenters. The maximum atomic E-state index is 11.5. The van der Waals surface area contributed by atoms with E-state index in [0.717, 1.165) is 56.9 Å². The van der Waals surface area contributed by atoms with Gasteiger partial charge >= 0.3 is 0 Å². The molecule has 23 heavy (non-hydrogen) atoms. The molecule has 0 unspecified atom stereocenters. The maximum Gasteiger partial charge on any atom is 0.222 e. The molecule has 0 aromatic heterocycles. The molecule has 1 aromatic rings. The summed E-state index contributed by atoms with van der Waals surface area (Å²) in [6.07, 6.45) is 2.72. The second-order valence-corrected chi connectivity index (χ2v) is 5.66. The number of benzene rings is 1. The SMILES string of the molecule is CCOc1ccc(CNCCCN2CCCC2=O)cc1OCC. The number of carbonyl (C=O) groups is 1. The van der Waals surface area contributed by atoms with Crippen molar-refractivity contribution in [2.75, 3.05) is 32.8 Å². The zero-order valence-corrected chi connectivity index (χ0v) is 14.3. The monoisotopic (exact) mass is 320 g/mol. The number of ether oxygens (including phenoxy) is 2. The van der Waals surface area contributed by atoms with Gasteiger partial charge in [-0.25, -0.2) is 0 Å². The molecule has 1 aliphatic rings. The number of carbonyl (C=O) groups excluding carboxylic acids is 1. The molecular weight excluding hydrogens is 292 g/mol. The van der Waals surface area contributed by atoms with Gasteiger partial charge in [-0.05, 0) is 50.9 Å². The van der Waals surface area contributed by atoms with Crippen molar-refractivity contribution < 1.29 is 14.3 Å². The van der Waals surface area contributed by atoms with E-state index in [0.29, 0.717) is 19.1 Å². The van der Waals surface area contributed by atoms with E-state index in [1.165, 1.54) is 5.56 Å². The van der Waals surface area contributed by atoms with Crippen LogP contribution in [0.4, 0.5) is 0 Å². The Bertz CT molecular complexity index is 505. The summed E-state index contributed by atoms with van der Waals surface area (Å²) in [5.41, 5.74) is 1.18. The van der Waals surface area contributed by atoms with Crippen LogP contribution in [0.3, 0.4) is 0 Å². The number of likely N-dealkylation sites (tertiary alicyclic amines) is 1. The summed E-state index contributed by atoms with van der Waals surface area (Å²) in [6, 6.07) is 6.06. The highest BCUT2D eigenvalue weighted by molar-refractivity contribution is 5.77. The standard InChI is InChI=1S/C18H28N2O3/c1-3-22-16-9-8-15(13-17(16)23-4-2)14-19-10-6-12-20-11-5-7-18(20)21/h8-9,13,19H,3-7,10-12,14H2,1-2H3. The van der Waals surface area contributed by atoms with E-state index in [1.807, 2.05) is 30.9 Å². The molecule has 0 radical (unpaired) electrons. The third kappa shape index (κ3) is 5.43. The second-order valence-electron chi connectivity index (χ2n) is 5.66. The van der Waals surface area contributed by atoms with Crippen molar-refractivity contribution >= 4 is 5.91 Å². The Morgan fingerprint density at radius 1 is 1.17 bits per heavy atom. The van der Waals surface area contributed by atoms with Crippen LogP contribution < -0.4 is 14.8 Å². The Hall–Kier alpha value is -1.75. The lowest BCUT2D eigenvalue weighted by atomic mass is 10.2. The van der Waals surface area contributed by atoms with E-state index < -0.39 is 0 Å². The van der Waals surface area contributed by atoms with E-state index in [4.69, 9.17) is 9.47 Å². The summed E-state index contributed by atoms with van der Waals surface area (Å²) < 4.78 is 11.2. The number of hydrogen-bond donors (Lipinski definition) is 1. The van der Waals surface area contributed by atoms with Gasteiger partial charge in [0, 0.05) is 26.1 Å². The van der Waals surface area contributed by atoms with Crippen LogP contribution in [-0.2, 0) is 11.3 Å². The first-order valence-corrected chi connectivity index (χ1v) is 8.61. The molecule has 128 valence electrons. The summed E-state index contributed by atoms with van der Waals surface area (Å²) >= 11 is 0. The Morgan fingerprint density at radius 3 is 2.65 bits per heavy atom. The van der Waals surface area contributed by atoms with Crippen molar-refractivity contribution in [3.63, 3.8) is 0 Å². The number of nitrogens with zero attached hydrogens (tertiary/aromatic N) is 1. The summed E-state index contributed by atoms with van der Waals surface area (Å²) in [5.74, 6) is 1.90. The van der Waals surface area contributed by atoms with E-state index in [1.54, 1.807) is 0 Å². The lowest BCUT2D eigenvalue weighted by molar-refractivity contribution is -0.127. The van der Waals surface area contributed by atoms with Gasteiger partial charge in [0.25, 0.3) is 0 Å². The van der Waals surface area contributed by atoms with Gasteiger partial charge in [-0.1, -0.05) is 6.07 Å². The third-order valence-electron chi connectivity index (χ3n) is 3.89. The molecule has 0 saturated carbocycles. The smallest absolute Gasteiger partial charge is 0.222 e. The summed E-state index contributed by atoms with van der Waals surface area (Å²) in [6.45, 7) is 8.68. The largest absolute Gasteiger partial charge is 0.490 e. The normalized spacial score (nSPS) is 14.3. The number of nitrogens with one attached hydrogen (secondary N) is 1. The van der Waals surface area contributed by atoms with Crippen LogP contribution in [0.5, 0.6) is 11.5 Å². The van der Waals surface area contributed by atoms with Crippen LogP contribution >= 0.6 is 0 Å². The van der Waals surface area contributed by atoms with Crippen LogP contribution in [0.25, 0.3) is 0 Å². The van der Waals surface area contributed by atoms with E-state index in [2.05, 4.69) is 11.4 Å². The van der Waals surface area contributed by atoms with E-state index >= 15 is 0 Å². The molecule has 2 rings (SSSR count). The predicted molar refractivity (Wildman–Crippen MR) is 90.9 cm³/mol. The van der Waals surface area contributed by atoms with Crippen molar-refractivity contribution in [3.05, 3.63) is 23.8 Å². The van der Waals surface area contributed by atoms with Gasteiger partial charge in [0.15, 0.2) is 11.5 Å². The second kappa shape index (κ2) is 9.40. The highest BCUT2D eigenvalue weighted by Gasteiger charge is 2.18. The molecule has 0 spiro atoms. The first-order chi connectivity index (χ1) is 11.2. The van der Waals surface area contributed by atoms with Gasteiger partial charge in [-0.2, -0.15) is 0 Å². The molecule has 1 heterocycles.